The highest BCUT2D eigenvalue weighted by atomic mass is 35.6. The molecular formula is C77H34Cl37F2N19O. The summed E-state index contributed by atoms with van der Waals surface area (Å²) in [6.45, 7) is 8.88. The molecule has 0 radical (unpaired) electrons. The van der Waals surface area contributed by atoms with E-state index < -0.39 is 80.2 Å². The molecule has 0 amide bonds. The summed E-state index contributed by atoms with van der Waals surface area (Å²) in [5.41, 5.74) is 5.76. The number of nitrogens with zero attached hydrogens (tertiary/aromatic N) is 19. The Balaban J connectivity index is 0.000000202. The summed E-state index contributed by atoms with van der Waals surface area (Å²) < 4.78 is 9.83. The zero-order valence-corrected chi connectivity index (χ0v) is 93.3. The summed E-state index contributed by atoms with van der Waals surface area (Å²) in [4.78, 5) is 75.1. The molecule has 0 atom stereocenters. The molecule has 7 aromatic carbocycles. The second-order valence-corrected chi connectivity index (χ2v) is 53.2. The minimum Gasteiger partial charge on any atom is -0.497 e. The molecular weight excluding hydrogens is 2560 g/mol. The highest BCUT2D eigenvalue weighted by Crippen LogP contribution is 2.49. The molecule has 0 saturated carbocycles. The van der Waals surface area contributed by atoms with Gasteiger partial charge in [0.15, 0.2) is 111 Å². The number of ether oxygens (including phenoxy) is 1. The lowest BCUT2D eigenvalue weighted by atomic mass is 10.1. The van der Waals surface area contributed by atoms with Gasteiger partial charge in [0.2, 0.25) is 45.5 Å². The summed E-state index contributed by atoms with van der Waals surface area (Å²) in [7, 11) is 1.61. The number of aromatic nitrogens is 18. The molecule has 0 spiro atoms. The first-order valence-corrected chi connectivity index (χ1v) is 49.0. The maximum atomic E-state index is 13.9. The molecule has 0 aliphatic carbocycles. The molecule has 13 aromatic rings. The Bertz CT molecular complexity index is 6110. The molecule has 0 N–H and O–H groups in total. The van der Waals surface area contributed by atoms with Crippen LogP contribution in [0.15, 0.2) is 170 Å². The SMILES string of the molecule is COc1ccc(C#Cc2ccc(-c3nc(C(Cl)(Cl)Cl)nc(C(Cl)(Cl)Cl)n3)cc2)cc1.Cc1ccc(-c2nc(C(Cl)(Cl)Cl)nc(C(Cl)(Cl)Cl)n2)cc1.ClC(Cl)(Cl)c1nc(-c2ccccc2)nc(C(Cl)(Cl)Cl)n1.Clc1ccc(-c2nc(C(Cl)(Cl)Cl)nc(C(Cl)(Cl)Cl)n2)cc1.Fc1cccc(F)c1-c1nc(C(Cl)(Cl)Cl)nc(C(Cl)(Cl)Cl)n1.[C-]#[N+]c1ccc(-c2nc(C(Cl)(Cl)Cl)nc(C(Cl)(Cl)Cl)n2)cc1. The summed E-state index contributed by atoms with van der Waals surface area (Å²) >= 11 is 215. The standard InChI is InChI=1S/C20H11Cl6N3O.C12H4Cl6N4.C12H7Cl6N3.C11H4Cl7N3.C11H3Cl6F2N3.C11H5Cl6N3/c1-30-15-10-6-13(7-11-15)3-2-12-4-8-14(9-5-12)16-27-17(19(21,22)23)29-18(28-16)20(24,25)26;1-19-7-4-2-6(3-5-7)8-20-9(11(13,14)15)22-10(21-8)12(16,17)18;1-6-2-4-7(5-3-6)8-19-9(11(13,14)15)21-10(20-8)12(16,17)18;12-6-3-1-5(2-4-6)7-19-8(10(13,14)15)21-9(20-7)11(16,17)18;12-10(13,14)8-20-7(21-9(22-8)11(15,16)17)6-4(18)2-1-3-5(6)19;12-10(13,14)8-18-7(6-4-2-1-3-5-6)19-9(20-8)11(15,16)17/h4-11H,1H3;2-5H;2-5H,1H3;1-4H;1-3H;1-5H. The fraction of sp³-hybridized carbons (Fsp3) is 0.182. The zero-order valence-electron chi connectivity index (χ0n) is 65.3. The number of rotatable bonds is 7. The van der Waals surface area contributed by atoms with Crippen molar-refractivity contribution < 1.29 is 13.5 Å². The lowest BCUT2D eigenvalue weighted by Crippen LogP contribution is -2.17. The second kappa shape index (κ2) is 49.7. The van der Waals surface area contributed by atoms with Crippen molar-refractivity contribution in [3.63, 3.8) is 0 Å². The Morgan fingerprint density at radius 3 is 0.684 bits per heavy atom. The molecule has 6 aromatic heterocycles. The van der Waals surface area contributed by atoms with Gasteiger partial charge in [0, 0.05) is 44.0 Å². The van der Waals surface area contributed by atoms with Crippen LogP contribution in [-0.4, -0.2) is 96.8 Å². The van der Waals surface area contributed by atoms with Crippen molar-refractivity contribution in [2.75, 3.05) is 7.11 Å². The Morgan fingerprint density at radius 1 is 0.250 bits per heavy atom. The van der Waals surface area contributed by atoms with Crippen LogP contribution in [0.5, 0.6) is 5.75 Å². The quantitative estimate of drug-likeness (QED) is 0.0817. The average Bonchev–Trinajstić information content (AvgIpc) is 0.784. The molecule has 716 valence electrons. The van der Waals surface area contributed by atoms with Crippen molar-refractivity contribution in [3.05, 3.63) is 285 Å². The number of hydrogen-bond acceptors (Lipinski definition) is 19. The van der Waals surface area contributed by atoms with E-state index in [1.54, 1.807) is 92.0 Å². The van der Waals surface area contributed by atoms with E-state index in [4.69, 9.17) is 441 Å². The van der Waals surface area contributed by atoms with Gasteiger partial charge in [-0.2, -0.15) is 0 Å². The van der Waals surface area contributed by atoms with Crippen LogP contribution in [0.1, 0.15) is 86.6 Å². The van der Waals surface area contributed by atoms with Gasteiger partial charge >= 0.3 is 0 Å². The van der Waals surface area contributed by atoms with Gasteiger partial charge in [-0.25, -0.2) is 103 Å². The number of benzene rings is 7. The molecule has 20 nitrogen and oxygen atoms in total. The van der Waals surface area contributed by atoms with Crippen LogP contribution in [0.3, 0.4) is 0 Å². The van der Waals surface area contributed by atoms with E-state index in [2.05, 4.69) is 106 Å². The predicted octanol–water partition coefficient (Wildman–Crippen LogP) is 34.4. The van der Waals surface area contributed by atoms with Crippen LogP contribution in [0.25, 0.3) is 73.2 Å². The lowest BCUT2D eigenvalue weighted by Gasteiger charge is -2.16. The first kappa shape index (κ1) is 119. The highest BCUT2D eigenvalue weighted by Gasteiger charge is 2.41. The first-order valence-electron chi connectivity index (χ1n) is 35.0. The van der Waals surface area contributed by atoms with Crippen LogP contribution in [0.4, 0.5) is 14.5 Å². The van der Waals surface area contributed by atoms with E-state index >= 15 is 0 Å². The molecule has 0 aliphatic heterocycles. The zero-order chi connectivity index (χ0) is 102. The van der Waals surface area contributed by atoms with Gasteiger partial charge in [-0.05, 0) is 91.9 Å². The maximum absolute atomic E-state index is 13.9. The van der Waals surface area contributed by atoms with Gasteiger partial charge in [0.1, 0.15) is 17.4 Å². The van der Waals surface area contributed by atoms with E-state index in [9.17, 15) is 8.78 Å². The van der Waals surface area contributed by atoms with E-state index in [1.807, 2.05) is 73.7 Å². The lowest BCUT2D eigenvalue weighted by molar-refractivity contribution is 0.415. The predicted molar refractivity (Wildman–Crippen MR) is 557 cm³/mol. The molecule has 0 fully saturated rings. The number of alkyl halides is 36. The van der Waals surface area contributed by atoms with E-state index in [1.165, 1.54) is 6.07 Å². The number of hydrogen-bond donors (Lipinski definition) is 0. The van der Waals surface area contributed by atoms with Crippen LogP contribution >= 0.6 is 429 Å². The van der Waals surface area contributed by atoms with E-state index in [-0.39, 0.29) is 87.4 Å². The summed E-state index contributed by atoms with van der Waals surface area (Å²) in [5.74, 6) is 3.41. The van der Waals surface area contributed by atoms with Crippen LogP contribution in [-0.2, 0) is 45.5 Å². The van der Waals surface area contributed by atoms with Crippen molar-refractivity contribution in [3.8, 4) is 85.9 Å². The smallest absolute Gasteiger partial charge is 0.250 e. The van der Waals surface area contributed by atoms with Crippen molar-refractivity contribution in [1.29, 1.82) is 0 Å². The molecule has 136 heavy (non-hydrogen) atoms. The highest BCUT2D eigenvalue weighted by molar-refractivity contribution is 6.72. The fourth-order valence-electron chi connectivity index (χ4n) is 9.34. The third-order valence-electron chi connectivity index (χ3n) is 15.3. The molecule has 0 unspecified atom stereocenters. The van der Waals surface area contributed by atoms with E-state index in [0.717, 1.165) is 34.6 Å². The van der Waals surface area contributed by atoms with Crippen molar-refractivity contribution >= 4 is 435 Å². The summed E-state index contributed by atoms with van der Waals surface area (Å²) in [5, 5.41) is 0.552. The Hall–Kier alpha value is -1.96. The molecule has 59 heteroatoms. The van der Waals surface area contributed by atoms with Gasteiger partial charge in [-0.15, -0.1) is 0 Å². The Kier molecular flexibility index (Phi) is 43.6. The molecule has 0 bridgehead atoms. The normalized spacial score (nSPS) is 12.2. The van der Waals surface area contributed by atoms with Crippen LogP contribution < -0.4 is 4.74 Å². The number of methoxy groups -OCH3 is 1. The Morgan fingerprint density at radius 2 is 0.456 bits per heavy atom. The van der Waals surface area contributed by atoms with Crippen LogP contribution in [0.2, 0.25) is 5.02 Å². The maximum Gasteiger partial charge on any atom is 0.250 e. The molecule has 0 saturated heterocycles. The minimum absolute atomic E-state index is 0.112. The first-order chi connectivity index (χ1) is 62.5. The van der Waals surface area contributed by atoms with Crippen molar-refractivity contribution in [2.45, 2.75) is 52.4 Å². The molecule has 0 aliphatic rings. The van der Waals surface area contributed by atoms with Gasteiger partial charge < -0.3 is 4.74 Å². The summed E-state index contributed by atoms with van der Waals surface area (Å²) in [6, 6.07) is 47.3. The largest absolute Gasteiger partial charge is 0.497 e. The number of halogens is 39. The molecule has 13 rings (SSSR count). The topological polar surface area (TPSA) is 246 Å². The third-order valence-corrected chi connectivity index (χ3v) is 21.7. The van der Waals surface area contributed by atoms with Gasteiger partial charge in [0.25, 0.3) is 0 Å². The minimum atomic E-state index is -2.11. The van der Waals surface area contributed by atoms with Gasteiger partial charge in [0.05, 0.1) is 19.2 Å². The summed E-state index contributed by atoms with van der Waals surface area (Å²) in [6.07, 6.45) is 0. The number of aryl methyl sites for hydroxylation is 1. The second-order valence-electron chi connectivity index (χ2n) is 25.4. The van der Waals surface area contributed by atoms with E-state index in [0.29, 0.717) is 38.5 Å². The van der Waals surface area contributed by atoms with Gasteiger partial charge in [-0.1, -0.05) is 532 Å². The fourth-order valence-corrected chi connectivity index (χ4v) is 12.5. The Labute approximate surface area is 956 Å². The third kappa shape index (κ3) is 37.2. The van der Waals surface area contributed by atoms with Gasteiger partial charge in [-0.3, -0.25) is 0 Å². The van der Waals surface area contributed by atoms with Crippen LogP contribution in [0, 0.1) is 37.0 Å². The monoisotopic (exact) mass is 2570 g/mol. The average molecular weight is 2590 g/mol. The van der Waals surface area contributed by atoms with Crippen molar-refractivity contribution in [1.82, 2.24) is 89.7 Å². The van der Waals surface area contributed by atoms with Crippen molar-refractivity contribution in [2.24, 2.45) is 0 Å². The molecule has 6 heterocycles.